The van der Waals surface area contributed by atoms with Crippen molar-refractivity contribution in [2.45, 2.75) is 6.92 Å². The van der Waals surface area contributed by atoms with Gasteiger partial charge in [-0.15, -0.1) is 11.3 Å². The Balaban J connectivity index is 1.83. The van der Waals surface area contributed by atoms with Crippen molar-refractivity contribution in [3.05, 3.63) is 90.5 Å². The van der Waals surface area contributed by atoms with Crippen LogP contribution < -0.4 is 0 Å². The number of benzene rings is 4. The lowest BCUT2D eigenvalue weighted by atomic mass is 9.95. The molecule has 1 nitrogen and oxygen atoms in total. The molecule has 0 aliphatic carbocycles. The first-order chi connectivity index (χ1) is 13.8. The third-order valence-corrected chi connectivity index (χ3v) is 6.87. The molecule has 0 aliphatic heterocycles. The van der Waals surface area contributed by atoms with Gasteiger partial charge in [-0.3, -0.25) is 0 Å². The monoisotopic (exact) mass is 375 g/mol. The zero-order chi connectivity index (χ0) is 18.7. The van der Waals surface area contributed by atoms with Gasteiger partial charge in [0, 0.05) is 31.1 Å². The predicted octanol–water partition coefficient (Wildman–Crippen LogP) is 7.73. The summed E-state index contributed by atoms with van der Waals surface area (Å²) in [5.74, 6) is 0. The molecule has 132 valence electrons. The lowest BCUT2D eigenvalue weighted by Crippen LogP contribution is -1.91. The summed E-state index contributed by atoms with van der Waals surface area (Å²) in [7, 11) is 0. The predicted molar refractivity (Wildman–Crippen MR) is 122 cm³/mol. The summed E-state index contributed by atoms with van der Waals surface area (Å²) in [6.45, 7) is 2.22. The second kappa shape index (κ2) is 5.88. The van der Waals surface area contributed by atoms with Gasteiger partial charge in [-0.1, -0.05) is 72.8 Å². The molecule has 0 unspecified atom stereocenters. The highest BCUT2D eigenvalue weighted by Crippen LogP contribution is 2.43. The SMILES string of the molecule is Cc1c(-c2nc3ccccc3c3sc4ccccc4c23)ccc2ccccc12. The Morgan fingerprint density at radius 2 is 1.39 bits per heavy atom. The Bertz CT molecular complexity index is 1520. The lowest BCUT2D eigenvalue weighted by Gasteiger charge is -2.12. The van der Waals surface area contributed by atoms with Crippen molar-refractivity contribution in [1.82, 2.24) is 4.98 Å². The van der Waals surface area contributed by atoms with E-state index in [4.69, 9.17) is 4.98 Å². The molecule has 0 radical (unpaired) electrons. The standard InChI is InChI=1S/C26H17NS/c1-16-18-9-3-2-8-17(18)14-15-19(16)25-24-21-11-5-7-13-23(21)28-26(24)20-10-4-6-12-22(20)27-25/h2-15H,1H3. The Labute approximate surface area is 166 Å². The number of rotatable bonds is 1. The van der Waals surface area contributed by atoms with Crippen LogP contribution in [0, 0.1) is 6.92 Å². The molecule has 0 aliphatic rings. The van der Waals surface area contributed by atoms with Crippen molar-refractivity contribution in [2.24, 2.45) is 0 Å². The average Bonchev–Trinajstić information content (AvgIpc) is 3.14. The first-order valence-electron chi connectivity index (χ1n) is 9.50. The fraction of sp³-hybridized carbons (Fsp3) is 0.0385. The summed E-state index contributed by atoms with van der Waals surface area (Å²) >= 11 is 1.87. The maximum atomic E-state index is 5.17. The molecule has 2 heteroatoms. The van der Waals surface area contributed by atoms with E-state index in [1.807, 2.05) is 11.3 Å². The van der Waals surface area contributed by atoms with Crippen LogP contribution in [0.25, 0.3) is 53.1 Å². The molecule has 4 aromatic carbocycles. The smallest absolute Gasteiger partial charge is 0.0805 e. The van der Waals surface area contributed by atoms with Crippen molar-refractivity contribution >= 4 is 53.2 Å². The fourth-order valence-electron chi connectivity index (χ4n) is 4.29. The molecule has 0 saturated carbocycles. The Morgan fingerprint density at radius 1 is 0.679 bits per heavy atom. The van der Waals surface area contributed by atoms with Gasteiger partial charge in [0.2, 0.25) is 0 Å². The number of aromatic nitrogens is 1. The first-order valence-corrected chi connectivity index (χ1v) is 10.3. The summed E-state index contributed by atoms with van der Waals surface area (Å²) in [5.41, 5.74) is 4.66. The maximum Gasteiger partial charge on any atom is 0.0805 e. The molecular formula is C26H17NS. The van der Waals surface area contributed by atoms with Gasteiger partial charge in [-0.25, -0.2) is 4.98 Å². The summed E-state index contributed by atoms with van der Waals surface area (Å²) in [5, 5.41) is 6.38. The molecule has 28 heavy (non-hydrogen) atoms. The molecule has 2 aromatic heterocycles. The quantitative estimate of drug-likeness (QED) is 0.286. The topological polar surface area (TPSA) is 12.9 Å². The van der Waals surface area contributed by atoms with E-state index in [-0.39, 0.29) is 0 Å². The molecular weight excluding hydrogens is 358 g/mol. The Kier molecular flexibility index (Phi) is 3.32. The number of hydrogen-bond acceptors (Lipinski definition) is 2. The van der Waals surface area contributed by atoms with Gasteiger partial charge in [0.15, 0.2) is 0 Å². The van der Waals surface area contributed by atoms with Gasteiger partial charge in [0.1, 0.15) is 0 Å². The normalized spacial score (nSPS) is 11.8. The molecule has 2 heterocycles. The van der Waals surface area contributed by atoms with Gasteiger partial charge >= 0.3 is 0 Å². The van der Waals surface area contributed by atoms with Gasteiger partial charge in [-0.2, -0.15) is 0 Å². The second-order valence-electron chi connectivity index (χ2n) is 7.24. The highest BCUT2D eigenvalue weighted by Gasteiger charge is 2.17. The van der Waals surface area contributed by atoms with Crippen LogP contribution in [0.4, 0.5) is 0 Å². The summed E-state index contributed by atoms with van der Waals surface area (Å²) in [4.78, 5) is 5.17. The molecule has 0 N–H and O–H groups in total. The van der Waals surface area contributed by atoms with E-state index in [2.05, 4.69) is 91.9 Å². The van der Waals surface area contributed by atoms with E-state index < -0.39 is 0 Å². The average molecular weight is 375 g/mol. The van der Waals surface area contributed by atoms with E-state index in [9.17, 15) is 0 Å². The molecule has 6 aromatic rings. The number of aryl methyl sites for hydroxylation is 1. The van der Waals surface area contributed by atoms with Crippen LogP contribution in [0.5, 0.6) is 0 Å². The number of hydrogen-bond donors (Lipinski definition) is 0. The van der Waals surface area contributed by atoms with Gasteiger partial charge < -0.3 is 0 Å². The van der Waals surface area contributed by atoms with Crippen molar-refractivity contribution in [1.29, 1.82) is 0 Å². The van der Waals surface area contributed by atoms with Crippen LogP contribution in [-0.2, 0) is 0 Å². The van der Waals surface area contributed by atoms with E-state index in [1.54, 1.807) is 0 Å². The zero-order valence-corrected chi connectivity index (χ0v) is 16.3. The number of nitrogens with zero attached hydrogens (tertiary/aromatic N) is 1. The third kappa shape index (κ3) is 2.15. The van der Waals surface area contributed by atoms with Crippen molar-refractivity contribution in [2.75, 3.05) is 0 Å². The third-order valence-electron chi connectivity index (χ3n) is 5.67. The van der Waals surface area contributed by atoms with Crippen molar-refractivity contribution < 1.29 is 0 Å². The van der Waals surface area contributed by atoms with Gasteiger partial charge in [-0.05, 0) is 35.4 Å². The van der Waals surface area contributed by atoms with Crippen LogP contribution in [0.2, 0.25) is 0 Å². The minimum atomic E-state index is 1.06. The molecule has 0 amide bonds. The van der Waals surface area contributed by atoms with Crippen LogP contribution in [0.15, 0.2) is 84.9 Å². The summed E-state index contributed by atoms with van der Waals surface area (Å²) in [6.07, 6.45) is 0. The minimum Gasteiger partial charge on any atom is -0.247 e. The molecule has 0 fully saturated rings. The minimum absolute atomic E-state index is 1.06. The van der Waals surface area contributed by atoms with Crippen LogP contribution in [-0.4, -0.2) is 4.98 Å². The molecule has 0 spiro atoms. The van der Waals surface area contributed by atoms with E-state index >= 15 is 0 Å². The lowest BCUT2D eigenvalue weighted by molar-refractivity contribution is 1.41. The maximum absolute atomic E-state index is 5.17. The van der Waals surface area contributed by atoms with Crippen LogP contribution in [0.3, 0.4) is 0 Å². The molecule has 0 saturated heterocycles. The van der Waals surface area contributed by atoms with Crippen LogP contribution >= 0.6 is 11.3 Å². The zero-order valence-electron chi connectivity index (χ0n) is 15.4. The molecule has 0 atom stereocenters. The highest BCUT2D eigenvalue weighted by molar-refractivity contribution is 7.26. The Hall–Kier alpha value is -3.23. The van der Waals surface area contributed by atoms with E-state index in [0.29, 0.717) is 0 Å². The molecule has 6 rings (SSSR count). The number of para-hydroxylation sites is 1. The number of fused-ring (bicyclic) bond motifs is 6. The highest BCUT2D eigenvalue weighted by atomic mass is 32.1. The number of pyridine rings is 1. The van der Waals surface area contributed by atoms with Gasteiger partial charge in [0.25, 0.3) is 0 Å². The largest absolute Gasteiger partial charge is 0.247 e. The second-order valence-corrected chi connectivity index (χ2v) is 8.29. The van der Waals surface area contributed by atoms with Gasteiger partial charge in [0.05, 0.1) is 11.2 Å². The Morgan fingerprint density at radius 3 is 2.29 bits per heavy atom. The van der Waals surface area contributed by atoms with E-state index in [1.165, 1.54) is 47.5 Å². The van der Waals surface area contributed by atoms with E-state index in [0.717, 1.165) is 11.2 Å². The summed E-state index contributed by atoms with van der Waals surface area (Å²) in [6, 6.07) is 30.2. The van der Waals surface area contributed by atoms with Crippen LogP contribution in [0.1, 0.15) is 5.56 Å². The fourth-order valence-corrected chi connectivity index (χ4v) is 5.53. The van der Waals surface area contributed by atoms with Crippen molar-refractivity contribution in [3.8, 4) is 11.3 Å². The first kappa shape index (κ1) is 15.8. The summed E-state index contributed by atoms with van der Waals surface area (Å²) < 4.78 is 2.64. The molecule has 0 bridgehead atoms. The van der Waals surface area contributed by atoms with Crippen molar-refractivity contribution in [3.63, 3.8) is 0 Å². The number of thiophene rings is 1.